The Bertz CT molecular complexity index is 531. The van der Waals surface area contributed by atoms with E-state index in [0.717, 1.165) is 0 Å². The average molecular weight is 347 g/mol. The molecule has 0 bridgehead atoms. The van der Waals surface area contributed by atoms with E-state index in [-0.39, 0.29) is 10.6 Å². The van der Waals surface area contributed by atoms with Crippen molar-refractivity contribution in [1.82, 2.24) is 4.72 Å². The van der Waals surface area contributed by atoms with Gasteiger partial charge in [0.05, 0.1) is 12.1 Å². The number of nitrogens with one attached hydrogen (secondary N) is 1. The summed E-state index contributed by atoms with van der Waals surface area (Å²) in [4.78, 5) is -0.243. The number of halogens is 4. The molecule has 0 amide bonds. The normalized spacial score (nSPS) is 12.7. The van der Waals surface area contributed by atoms with Crippen LogP contribution in [-0.2, 0) is 10.0 Å². The first-order valence-electron chi connectivity index (χ1n) is 4.73. The molecule has 0 aliphatic heterocycles. The van der Waals surface area contributed by atoms with Crippen LogP contribution in [0.25, 0.3) is 0 Å². The summed E-state index contributed by atoms with van der Waals surface area (Å²) in [5.74, 6) is 0. The zero-order valence-electron chi connectivity index (χ0n) is 8.96. The Balaban J connectivity index is 2.81. The zero-order chi connectivity index (χ0) is 14.0. The van der Waals surface area contributed by atoms with E-state index in [1.54, 1.807) is 0 Å². The highest BCUT2D eigenvalue weighted by Gasteiger charge is 2.28. The van der Waals surface area contributed by atoms with Crippen molar-refractivity contribution in [3.63, 3.8) is 0 Å². The third-order valence-electron chi connectivity index (χ3n) is 1.96. The fourth-order valence-electron chi connectivity index (χ4n) is 1.17. The van der Waals surface area contributed by atoms with Crippen LogP contribution >= 0.6 is 15.9 Å². The van der Waals surface area contributed by atoms with Gasteiger partial charge in [-0.2, -0.15) is 13.2 Å². The second-order valence-corrected chi connectivity index (χ2v) is 6.10. The molecule has 0 aromatic heterocycles. The Morgan fingerprint density at radius 2 is 1.94 bits per heavy atom. The summed E-state index contributed by atoms with van der Waals surface area (Å²) in [6.07, 6.45) is -5.64. The molecule has 0 aliphatic rings. The summed E-state index contributed by atoms with van der Waals surface area (Å²) in [5.41, 5.74) is 5.46. The molecule has 0 fully saturated rings. The summed E-state index contributed by atoms with van der Waals surface area (Å²) in [6, 6.07) is 4.02. The van der Waals surface area contributed by atoms with E-state index < -0.39 is 29.2 Å². The molecule has 0 saturated carbocycles. The molecule has 0 unspecified atom stereocenters. The van der Waals surface area contributed by atoms with Crippen molar-refractivity contribution in [1.29, 1.82) is 0 Å². The third kappa shape index (κ3) is 4.46. The van der Waals surface area contributed by atoms with Crippen LogP contribution in [-0.4, -0.2) is 21.1 Å². The third-order valence-corrected chi connectivity index (χ3v) is 3.99. The van der Waals surface area contributed by atoms with E-state index in [9.17, 15) is 21.6 Å². The van der Waals surface area contributed by atoms with Gasteiger partial charge in [-0.25, -0.2) is 13.1 Å². The monoisotopic (exact) mass is 346 g/mol. The highest BCUT2D eigenvalue weighted by Crippen LogP contribution is 2.23. The predicted molar refractivity (Wildman–Crippen MR) is 64.4 cm³/mol. The Hall–Kier alpha value is -0.800. The highest BCUT2D eigenvalue weighted by molar-refractivity contribution is 9.10. The lowest BCUT2D eigenvalue weighted by Crippen LogP contribution is -2.28. The largest absolute Gasteiger partial charge is 0.398 e. The summed E-state index contributed by atoms with van der Waals surface area (Å²) in [5, 5.41) is 0. The number of hydrogen-bond acceptors (Lipinski definition) is 3. The van der Waals surface area contributed by atoms with Gasteiger partial charge in [0, 0.05) is 11.0 Å². The number of rotatable bonds is 4. The number of anilines is 1. The van der Waals surface area contributed by atoms with Crippen molar-refractivity contribution in [2.45, 2.75) is 17.5 Å². The number of nitrogen functional groups attached to an aromatic ring is 1. The lowest BCUT2D eigenvalue weighted by Gasteiger charge is -2.10. The molecule has 0 spiro atoms. The van der Waals surface area contributed by atoms with Crippen LogP contribution in [0.2, 0.25) is 0 Å². The van der Waals surface area contributed by atoms with E-state index >= 15 is 0 Å². The van der Waals surface area contributed by atoms with Crippen LogP contribution in [0.15, 0.2) is 27.6 Å². The molecular weight excluding hydrogens is 337 g/mol. The number of alkyl halides is 3. The molecular formula is C9H10BrF3N2O2S. The zero-order valence-corrected chi connectivity index (χ0v) is 11.4. The van der Waals surface area contributed by atoms with Crippen LogP contribution in [0, 0.1) is 0 Å². The number of benzene rings is 1. The van der Waals surface area contributed by atoms with Crippen molar-refractivity contribution >= 4 is 31.6 Å². The fourth-order valence-corrected chi connectivity index (χ4v) is 2.69. The molecule has 1 rings (SSSR count). The van der Waals surface area contributed by atoms with Crippen LogP contribution in [0.4, 0.5) is 18.9 Å². The second kappa shape index (κ2) is 5.45. The second-order valence-electron chi connectivity index (χ2n) is 3.45. The average Bonchev–Trinajstić information content (AvgIpc) is 2.13. The molecule has 18 heavy (non-hydrogen) atoms. The Morgan fingerprint density at radius 3 is 2.44 bits per heavy atom. The summed E-state index contributed by atoms with van der Waals surface area (Å²) >= 11 is 3.10. The molecule has 3 N–H and O–H groups in total. The van der Waals surface area contributed by atoms with Gasteiger partial charge in [0.15, 0.2) is 0 Å². The lowest BCUT2D eigenvalue weighted by atomic mass is 10.3. The number of hydrogen-bond donors (Lipinski definition) is 2. The van der Waals surface area contributed by atoms with Crippen molar-refractivity contribution in [3.05, 3.63) is 22.7 Å². The first kappa shape index (κ1) is 15.3. The van der Waals surface area contributed by atoms with Gasteiger partial charge in [0.2, 0.25) is 10.0 Å². The van der Waals surface area contributed by atoms with Crippen molar-refractivity contribution in [3.8, 4) is 0 Å². The molecule has 0 saturated heterocycles. The first-order chi connectivity index (χ1) is 8.12. The summed E-state index contributed by atoms with van der Waals surface area (Å²) in [6.45, 7) is -0.721. The first-order valence-corrected chi connectivity index (χ1v) is 7.01. The van der Waals surface area contributed by atoms with E-state index in [2.05, 4.69) is 15.9 Å². The van der Waals surface area contributed by atoms with Crippen LogP contribution < -0.4 is 10.5 Å². The van der Waals surface area contributed by atoms with E-state index in [0.29, 0.717) is 4.47 Å². The van der Waals surface area contributed by atoms with Crippen LogP contribution in [0.1, 0.15) is 6.42 Å². The summed E-state index contributed by atoms with van der Waals surface area (Å²) < 4.78 is 61.5. The Labute approximate surface area is 111 Å². The van der Waals surface area contributed by atoms with Gasteiger partial charge in [-0.3, -0.25) is 0 Å². The molecule has 1 aromatic carbocycles. The summed E-state index contributed by atoms with van der Waals surface area (Å²) in [7, 11) is -4.03. The molecule has 1 aromatic rings. The Morgan fingerprint density at radius 1 is 1.33 bits per heavy atom. The van der Waals surface area contributed by atoms with Crippen molar-refractivity contribution in [2.75, 3.05) is 12.3 Å². The quantitative estimate of drug-likeness (QED) is 0.821. The van der Waals surface area contributed by atoms with Crippen molar-refractivity contribution in [2.24, 2.45) is 0 Å². The van der Waals surface area contributed by atoms with Gasteiger partial charge in [-0.1, -0.05) is 15.9 Å². The standard InChI is InChI=1S/C9H10BrF3N2O2S/c10-6-1-2-8(7(14)5-6)18(16,17)15-4-3-9(11,12)13/h1-2,5,15H,3-4,14H2. The minimum atomic E-state index is -4.41. The van der Waals surface area contributed by atoms with E-state index in [4.69, 9.17) is 5.73 Å². The van der Waals surface area contributed by atoms with Crippen LogP contribution in [0.5, 0.6) is 0 Å². The molecule has 9 heteroatoms. The molecule has 0 atom stereocenters. The van der Waals surface area contributed by atoms with Gasteiger partial charge in [-0.05, 0) is 18.2 Å². The maximum absolute atomic E-state index is 11.9. The highest BCUT2D eigenvalue weighted by atomic mass is 79.9. The van der Waals surface area contributed by atoms with Crippen molar-refractivity contribution < 1.29 is 21.6 Å². The molecule has 0 aliphatic carbocycles. The van der Waals surface area contributed by atoms with E-state index in [1.807, 2.05) is 4.72 Å². The molecule has 0 radical (unpaired) electrons. The van der Waals surface area contributed by atoms with Gasteiger partial charge in [0.1, 0.15) is 4.90 Å². The molecule has 0 heterocycles. The smallest absolute Gasteiger partial charge is 0.390 e. The fraction of sp³-hybridized carbons (Fsp3) is 0.333. The minimum absolute atomic E-state index is 0.0381. The van der Waals surface area contributed by atoms with Gasteiger partial charge in [0.25, 0.3) is 0 Å². The van der Waals surface area contributed by atoms with Crippen LogP contribution in [0.3, 0.4) is 0 Å². The maximum Gasteiger partial charge on any atom is 0.390 e. The maximum atomic E-state index is 11.9. The topological polar surface area (TPSA) is 72.2 Å². The minimum Gasteiger partial charge on any atom is -0.398 e. The SMILES string of the molecule is Nc1cc(Br)ccc1S(=O)(=O)NCCC(F)(F)F. The number of sulfonamides is 1. The van der Waals surface area contributed by atoms with E-state index in [1.165, 1.54) is 18.2 Å². The Kier molecular flexibility index (Phi) is 4.62. The number of nitrogens with two attached hydrogens (primary N) is 1. The predicted octanol–water partition coefficient (Wildman–Crippen LogP) is 2.26. The lowest BCUT2D eigenvalue weighted by molar-refractivity contribution is -0.132. The van der Waals surface area contributed by atoms with Gasteiger partial charge >= 0.3 is 6.18 Å². The molecule has 102 valence electrons. The molecule has 4 nitrogen and oxygen atoms in total. The van der Waals surface area contributed by atoms with Gasteiger partial charge in [-0.15, -0.1) is 0 Å². The van der Waals surface area contributed by atoms with Gasteiger partial charge < -0.3 is 5.73 Å².